The van der Waals surface area contributed by atoms with Crippen molar-refractivity contribution in [3.05, 3.63) is 59.7 Å². The smallest absolute Gasteiger partial charge is 0.243 e. The molecule has 5 heteroatoms. The first-order valence-corrected chi connectivity index (χ1v) is 10.1. The van der Waals surface area contributed by atoms with Gasteiger partial charge in [0.15, 0.2) is 0 Å². The van der Waals surface area contributed by atoms with Gasteiger partial charge in [-0.1, -0.05) is 42.8 Å². The Bertz CT molecular complexity index is 830. The molecule has 4 nitrogen and oxygen atoms in total. The van der Waals surface area contributed by atoms with Gasteiger partial charge in [-0.25, -0.2) is 8.42 Å². The maximum atomic E-state index is 13.3. The minimum Gasteiger partial charge on any atom is -0.496 e. The zero-order valence-electron chi connectivity index (χ0n) is 15.0. The van der Waals surface area contributed by atoms with Gasteiger partial charge in [0.2, 0.25) is 10.0 Å². The van der Waals surface area contributed by atoms with Crippen molar-refractivity contribution in [2.24, 2.45) is 5.92 Å². The highest BCUT2D eigenvalue weighted by Crippen LogP contribution is 2.40. The maximum absolute atomic E-state index is 13.3. The van der Waals surface area contributed by atoms with Gasteiger partial charge in [-0.2, -0.15) is 4.31 Å². The van der Waals surface area contributed by atoms with Gasteiger partial charge in [-0.3, -0.25) is 0 Å². The number of benzene rings is 2. The summed E-state index contributed by atoms with van der Waals surface area (Å²) in [5, 5.41) is 0. The Kier molecular flexibility index (Phi) is 5.16. The molecule has 134 valence electrons. The molecule has 1 heterocycles. The summed E-state index contributed by atoms with van der Waals surface area (Å²) < 4.78 is 33.8. The highest BCUT2D eigenvalue weighted by molar-refractivity contribution is 7.89. The number of methoxy groups -OCH3 is 1. The number of ether oxygens (including phenoxy) is 1. The lowest BCUT2D eigenvalue weighted by molar-refractivity contribution is 0.203. The van der Waals surface area contributed by atoms with Crippen molar-refractivity contribution in [3.8, 4) is 5.75 Å². The van der Waals surface area contributed by atoms with Crippen molar-refractivity contribution in [3.63, 3.8) is 0 Å². The zero-order chi connectivity index (χ0) is 18.0. The van der Waals surface area contributed by atoms with Gasteiger partial charge in [-0.15, -0.1) is 0 Å². The molecule has 0 spiro atoms. The summed E-state index contributed by atoms with van der Waals surface area (Å²) in [5.74, 6) is 1.08. The van der Waals surface area contributed by atoms with Gasteiger partial charge < -0.3 is 4.74 Å². The van der Waals surface area contributed by atoms with Crippen molar-refractivity contribution in [1.82, 2.24) is 4.31 Å². The Morgan fingerprint density at radius 2 is 1.72 bits per heavy atom. The topological polar surface area (TPSA) is 46.6 Å². The minimum atomic E-state index is -3.56. The molecular formula is C20H25NO3S. The minimum absolute atomic E-state index is 0.196. The van der Waals surface area contributed by atoms with Crippen LogP contribution in [0.25, 0.3) is 0 Å². The van der Waals surface area contributed by atoms with E-state index < -0.39 is 10.0 Å². The number of hydrogen-bond acceptors (Lipinski definition) is 3. The van der Waals surface area contributed by atoms with Crippen molar-refractivity contribution < 1.29 is 13.2 Å². The SMILES string of the molecule is COc1ccccc1[C@@H]1CC[C@@H](C)CN1S(=O)(=O)c1ccc(C)cc1. The molecule has 0 amide bonds. The second kappa shape index (κ2) is 7.18. The number of rotatable bonds is 4. The fourth-order valence-corrected chi connectivity index (χ4v) is 5.23. The van der Waals surface area contributed by atoms with Crippen LogP contribution >= 0.6 is 0 Å². The highest BCUT2D eigenvalue weighted by atomic mass is 32.2. The standard InChI is InChI=1S/C20H25NO3S/c1-15-8-11-17(12-9-15)25(22,23)21-14-16(2)10-13-19(21)18-6-4-5-7-20(18)24-3/h4-9,11-12,16,19H,10,13-14H2,1-3H3/t16-,19+/m1/s1. The summed E-state index contributed by atoms with van der Waals surface area (Å²) in [6.07, 6.45) is 1.80. The Morgan fingerprint density at radius 1 is 1.04 bits per heavy atom. The Hall–Kier alpha value is -1.85. The van der Waals surface area contributed by atoms with Gasteiger partial charge in [-0.05, 0) is 43.9 Å². The third kappa shape index (κ3) is 3.58. The quantitative estimate of drug-likeness (QED) is 0.823. The van der Waals surface area contributed by atoms with E-state index in [1.807, 2.05) is 43.3 Å². The summed E-state index contributed by atoms with van der Waals surface area (Å²) in [6.45, 7) is 4.59. The summed E-state index contributed by atoms with van der Waals surface area (Å²) in [4.78, 5) is 0.354. The molecule has 3 rings (SSSR count). The number of aryl methyl sites for hydroxylation is 1. The average molecular weight is 359 g/mol. The molecule has 0 aromatic heterocycles. The van der Waals surface area contributed by atoms with Crippen LogP contribution in [0, 0.1) is 12.8 Å². The van der Waals surface area contributed by atoms with Crippen molar-refractivity contribution >= 4 is 10.0 Å². The van der Waals surface area contributed by atoms with E-state index in [2.05, 4.69) is 6.92 Å². The molecule has 1 aliphatic rings. The number of piperidine rings is 1. The predicted molar refractivity (Wildman–Crippen MR) is 99.2 cm³/mol. The fourth-order valence-electron chi connectivity index (χ4n) is 3.48. The lowest BCUT2D eigenvalue weighted by Crippen LogP contribution is -2.41. The Labute approximate surface area is 150 Å². The summed E-state index contributed by atoms with van der Waals surface area (Å²) >= 11 is 0. The Morgan fingerprint density at radius 3 is 2.40 bits per heavy atom. The van der Waals surface area contributed by atoms with Gasteiger partial charge >= 0.3 is 0 Å². The zero-order valence-corrected chi connectivity index (χ0v) is 15.8. The summed E-state index contributed by atoms with van der Waals surface area (Å²) in [5.41, 5.74) is 1.99. The second-order valence-corrected chi connectivity index (χ2v) is 8.72. The van der Waals surface area contributed by atoms with E-state index in [9.17, 15) is 8.42 Å². The van der Waals surface area contributed by atoms with E-state index >= 15 is 0 Å². The molecule has 1 saturated heterocycles. The van der Waals surface area contributed by atoms with E-state index in [1.54, 1.807) is 23.5 Å². The summed E-state index contributed by atoms with van der Waals surface area (Å²) in [7, 11) is -1.93. The molecule has 1 aliphatic heterocycles. The van der Waals surface area contributed by atoms with Gasteiger partial charge in [0.05, 0.1) is 18.0 Å². The molecule has 0 bridgehead atoms. The van der Waals surface area contributed by atoms with Crippen molar-refractivity contribution in [2.75, 3.05) is 13.7 Å². The number of para-hydroxylation sites is 1. The molecule has 2 aromatic rings. The molecule has 1 fully saturated rings. The third-order valence-electron chi connectivity index (χ3n) is 4.90. The van der Waals surface area contributed by atoms with Crippen LogP contribution in [-0.4, -0.2) is 26.4 Å². The van der Waals surface area contributed by atoms with Crippen LogP contribution in [0.15, 0.2) is 53.4 Å². The van der Waals surface area contributed by atoms with Gasteiger partial charge in [0.1, 0.15) is 5.75 Å². The molecule has 0 unspecified atom stereocenters. The van der Waals surface area contributed by atoms with Crippen LogP contribution in [0.3, 0.4) is 0 Å². The molecular weight excluding hydrogens is 334 g/mol. The highest BCUT2D eigenvalue weighted by Gasteiger charge is 2.37. The van der Waals surface area contributed by atoms with Gasteiger partial charge in [0, 0.05) is 12.1 Å². The van der Waals surface area contributed by atoms with Crippen molar-refractivity contribution in [1.29, 1.82) is 0 Å². The number of sulfonamides is 1. The first-order valence-electron chi connectivity index (χ1n) is 8.65. The molecule has 0 aliphatic carbocycles. The molecule has 25 heavy (non-hydrogen) atoms. The molecule has 0 radical (unpaired) electrons. The normalized spacial score (nSPS) is 21.9. The van der Waals surface area contributed by atoms with Crippen molar-refractivity contribution in [2.45, 2.75) is 37.6 Å². The van der Waals surface area contributed by atoms with Crippen LogP contribution in [0.1, 0.15) is 36.9 Å². The Balaban J connectivity index is 2.04. The molecule has 0 N–H and O–H groups in total. The summed E-state index contributed by atoms with van der Waals surface area (Å²) in [6, 6.07) is 14.6. The molecule has 2 atom stereocenters. The van der Waals surface area contributed by atoms with Crippen LogP contribution < -0.4 is 4.74 Å². The molecule has 0 saturated carbocycles. The van der Waals surface area contributed by atoms with Crippen LogP contribution in [0.5, 0.6) is 5.75 Å². The van der Waals surface area contributed by atoms with Crippen LogP contribution in [-0.2, 0) is 10.0 Å². The van der Waals surface area contributed by atoms with E-state index in [-0.39, 0.29) is 6.04 Å². The van der Waals surface area contributed by atoms with E-state index in [0.29, 0.717) is 17.4 Å². The van der Waals surface area contributed by atoms with Gasteiger partial charge in [0.25, 0.3) is 0 Å². The monoisotopic (exact) mass is 359 g/mol. The third-order valence-corrected chi connectivity index (χ3v) is 6.79. The van der Waals surface area contributed by atoms with Crippen LogP contribution in [0.2, 0.25) is 0 Å². The van der Waals surface area contributed by atoms with E-state index in [1.165, 1.54) is 0 Å². The first kappa shape index (κ1) is 18.0. The average Bonchev–Trinajstić information content (AvgIpc) is 2.62. The van der Waals surface area contributed by atoms with Crippen LogP contribution in [0.4, 0.5) is 0 Å². The lowest BCUT2D eigenvalue weighted by Gasteiger charge is -2.38. The second-order valence-electron chi connectivity index (χ2n) is 6.83. The predicted octanol–water partition coefficient (Wildman–Crippen LogP) is 4.17. The van der Waals surface area contributed by atoms with E-state index in [4.69, 9.17) is 4.74 Å². The van der Waals surface area contributed by atoms with E-state index in [0.717, 1.165) is 29.7 Å². The number of nitrogens with zero attached hydrogens (tertiary/aromatic N) is 1. The maximum Gasteiger partial charge on any atom is 0.243 e. The number of hydrogen-bond donors (Lipinski definition) is 0. The molecule has 2 aromatic carbocycles. The lowest BCUT2D eigenvalue weighted by atomic mass is 9.91. The largest absolute Gasteiger partial charge is 0.496 e. The first-order chi connectivity index (χ1) is 11.9. The fraction of sp³-hybridized carbons (Fsp3) is 0.400.